The van der Waals surface area contributed by atoms with E-state index in [1.807, 2.05) is 0 Å². The van der Waals surface area contributed by atoms with Crippen LogP contribution in [0.5, 0.6) is 0 Å². The maximum Gasteiger partial charge on any atom is 0.0531 e. The molecule has 0 spiro atoms. The summed E-state index contributed by atoms with van der Waals surface area (Å²) in [4.78, 5) is 0. The van der Waals surface area contributed by atoms with E-state index in [2.05, 4.69) is 19.2 Å². The minimum absolute atomic E-state index is 0.370. The van der Waals surface area contributed by atoms with E-state index in [1.165, 1.54) is 6.42 Å². The Hall–Kier alpha value is -0.0800. The van der Waals surface area contributed by atoms with E-state index in [4.69, 9.17) is 4.74 Å². The van der Waals surface area contributed by atoms with Crippen LogP contribution in [0.4, 0.5) is 0 Å². The minimum atomic E-state index is 0.370. The fourth-order valence-electron chi connectivity index (χ4n) is 1.56. The van der Waals surface area contributed by atoms with Gasteiger partial charge in [0.15, 0.2) is 0 Å². The summed E-state index contributed by atoms with van der Waals surface area (Å²) in [7, 11) is 1.77. The van der Waals surface area contributed by atoms with Gasteiger partial charge < -0.3 is 10.1 Å². The summed E-state index contributed by atoms with van der Waals surface area (Å²) in [5.41, 5.74) is 0.370. The second-order valence-corrected chi connectivity index (χ2v) is 3.51. The molecule has 1 rings (SSSR count). The van der Waals surface area contributed by atoms with Crippen molar-refractivity contribution in [2.24, 2.45) is 5.41 Å². The number of ether oxygens (including phenoxy) is 1. The number of methoxy groups -OCH3 is 1. The van der Waals surface area contributed by atoms with E-state index in [0.717, 1.165) is 13.2 Å². The van der Waals surface area contributed by atoms with Crippen LogP contribution in [-0.4, -0.2) is 26.3 Å². The second kappa shape index (κ2) is 2.89. The Kier molecular flexibility index (Phi) is 2.32. The van der Waals surface area contributed by atoms with Crippen molar-refractivity contribution < 1.29 is 4.74 Å². The Labute approximate surface area is 63.0 Å². The highest BCUT2D eigenvalue weighted by molar-refractivity contribution is 4.90. The number of nitrogens with one attached hydrogen (secondary N) is 1. The lowest BCUT2D eigenvalue weighted by atomic mass is 9.84. The average molecular weight is 143 g/mol. The molecular formula is C8H17NO. The smallest absolute Gasteiger partial charge is 0.0531 e. The van der Waals surface area contributed by atoms with E-state index in [1.54, 1.807) is 7.11 Å². The van der Waals surface area contributed by atoms with Gasteiger partial charge in [0.2, 0.25) is 0 Å². The molecule has 1 aliphatic heterocycles. The average Bonchev–Trinajstić information content (AvgIpc) is 2.15. The third kappa shape index (κ3) is 1.32. The van der Waals surface area contributed by atoms with Crippen molar-refractivity contribution in [2.75, 3.05) is 20.3 Å². The van der Waals surface area contributed by atoms with Crippen LogP contribution in [0.1, 0.15) is 20.3 Å². The zero-order chi connectivity index (χ0) is 7.61. The van der Waals surface area contributed by atoms with E-state index < -0.39 is 0 Å². The summed E-state index contributed by atoms with van der Waals surface area (Å²) < 4.78 is 5.16. The van der Waals surface area contributed by atoms with Crippen molar-refractivity contribution in [1.29, 1.82) is 0 Å². The topological polar surface area (TPSA) is 21.3 Å². The van der Waals surface area contributed by atoms with Crippen molar-refractivity contribution in [1.82, 2.24) is 5.32 Å². The third-order valence-electron chi connectivity index (χ3n) is 2.67. The lowest BCUT2D eigenvalue weighted by molar-refractivity contribution is 0.0864. The minimum Gasteiger partial charge on any atom is -0.384 e. The van der Waals surface area contributed by atoms with Crippen molar-refractivity contribution in [3.63, 3.8) is 0 Å². The molecule has 0 aromatic heterocycles. The maximum atomic E-state index is 5.16. The molecule has 1 fully saturated rings. The van der Waals surface area contributed by atoms with Crippen LogP contribution in [0.15, 0.2) is 0 Å². The van der Waals surface area contributed by atoms with Gasteiger partial charge >= 0.3 is 0 Å². The van der Waals surface area contributed by atoms with Crippen LogP contribution in [0.2, 0.25) is 0 Å². The molecule has 1 N–H and O–H groups in total. The molecule has 0 amide bonds. The highest BCUT2D eigenvalue weighted by Crippen LogP contribution is 2.30. The molecule has 1 aliphatic rings. The first kappa shape index (κ1) is 8.02. The van der Waals surface area contributed by atoms with Crippen LogP contribution < -0.4 is 5.32 Å². The van der Waals surface area contributed by atoms with Gasteiger partial charge in [-0.05, 0) is 19.9 Å². The fourth-order valence-corrected chi connectivity index (χ4v) is 1.56. The van der Waals surface area contributed by atoms with Crippen molar-refractivity contribution in [3.8, 4) is 0 Å². The second-order valence-electron chi connectivity index (χ2n) is 3.51. The van der Waals surface area contributed by atoms with Gasteiger partial charge in [0, 0.05) is 18.6 Å². The van der Waals surface area contributed by atoms with Gasteiger partial charge in [-0.2, -0.15) is 0 Å². The lowest BCUT2D eigenvalue weighted by Gasteiger charge is -2.27. The van der Waals surface area contributed by atoms with E-state index in [9.17, 15) is 0 Å². The van der Waals surface area contributed by atoms with Crippen LogP contribution in [0.3, 0.4) is 0 Å². The first-order valence-corrected chi connectivity index (χ1v) is 3.91. The molecule has 2 nitrogen and oxygen atoms in total. The summed E-state index contributed by atoms with van der Waals surface area (Å²) in [6, 6.07) is 0.604. The quantitative estimate of drug-likeness (QED) is 0.623. The van der Waals surface area contributed by atoms with Crippen molar-refractivity contribution >= 4 is 0 Å². The molecule has 60 valence electrons. The Balaban J connectivity index is 2.48. The van der Waals surface area contributed by atoms with Gasteiger partial charge in [-0.15, -0.1) is 0 Å². The molecule has 0 aromatic rings. The zero-order valence-corrected chi connectivity index (χ0v) is 7.11. The first-order valence-electron chi connectivity index (χ1n) is 3.91. The normalized spacial score (nSPS) is 40.5. The van der Waals surface area contributed by atoms with Crippen molar-refractivity contribution in [2.45, 2.75) is 26.3 Å². The van der Waals surface area contributed by atoms with Crippen LogP contribution in [0.25, 0.3) is 0 Å². The van der Waals surface area contributed by atoms with Crippen LogP contribution in [-0.2, 0) is 4.74 Å². The fraction of sp³-hybridized carbons (Fsp3) is 1.00. The molecule has 10 heavy (non-hydrogen) atoms. The summed E-state index contributed by atoms with van der Waals surface area (Å²) in [5.74, 6) is 0. The molecule has 0 bridgehead atoms. The lowest BCUT2D eigenvalue weighted by Crippen LogP contribution is -2.34. The van der Waals surface area contributed by atoms with Gasteiger partial charge in [-0.1, -0.05) is 6.92 Å². The van der Waals surface area contributed by atoms with E-state index in [-0.39, 0.29) is 0 Å². The highest BCUT2D eigenvalue weighted by atomic mass is 16.5. The van der Waals surface area contributed by atoms with E-state index in [0.29, 0.717) is 11.5 Å². The molecule has 0 aliphatic carbocycles. The first-order chi connectivity index (χ1) is 4.69. The number of hydrogen-bond acceptors (Lipinski definition) is 2. The molecule has 1 saturated heterocycles. The van der Waals surface area contributed by atoms with Crippen LogP contribution >= 0.6 is 0 Å². The van der Waals surface area contributed by atoms with Gasteiger partial charge in [-0.3, -0.25) is 0 Å². The molecular weight excluding hydrogens is 126 g/mol. The maximum absolute atomic E-state index is 5.16. The predicted molar refractivity (Wildman–Crippen MR) is 42.1 cm³/mol. The molecule has 2 heteroatoms. The number of rotatable bonds is 2. The third-order valence-corrected chi connectivity index (χ3v) is 2.67. The number of hydrogen-bond donors (Lipinski definition) is 1. The Morgan fingerprint density at radius 3 is 2.80 bits per heavy atom. The molecule has 1 heterocycles. The zero-order valence-electron chi connectivity index (χ0n) is 7.11. The predicted octanol–water partition coefficient (Wildman–Crippen LogP) is 1.02. The summed E-state index contributed by atoms with van der Waals surface area (Å²) >= 11 is 0. The van der Waals surface area contributed by atoms with Gasteiger partial charge in [-0.25, -0.2) is 0 Å². The molecule has 0 aromatic carbocycles. The largest absolute Gasteiger partial charge is 0.384 e. The van der Waals surface area contributed by atoms with Gasteiger partial charge in [0.25, 0.3) is 0 Å². The SMILES string of the molecule is COCC1(C)CCNC1C. The Bertz CT molecular complexity index is 116. The van der Waals surface area contributed by atoms with E-state index >= 15 is 0 Å². The molecule has 2 atom stereocenters. The Morgan fingerprint density at radius 1 is 1.70 bits per heavy atom. The summed E-state index contributed by atoms with van der Waals surface area (Å²) in [5, 5.41) is 3.41. The highest BCUT2D eigenvalue weighted by Gasteiger charge is 2.35. The summed E-state index contributed by atoms with van der Waals surface area (Å²) in [6.07, 6.45) is 1.24. The molecule has 0 radical (unpaired) electrons. The standard InChI is InChI=1S/C8H17NO/c1-7-8(2,6-10-3)4-5-9-7/h7,9H,4-6H2,1-3H3. The van der Waals surface area contributed by atoms with Crippen LogP contribution in [0, 0.1) is 5.41 Å². The van der Waals surface area contributed by atoms with Crippen molar-refractivity contribution in [3.05, 3.63) is 0 Å². The van der Waals surface area contributed by atoms with Gasteiger partial charge in [0.1, 0.15) is 0 Å². The monoisotopic (exact) mass is 143 g/mol. The van der Waals surface area contributed by atoms with Gasteiger partial charge in [0.05, 0.1) is 6.61 Å². The molecule has 0 saturated carbocycles. The Morgan fingerprint density at radius 2 is 2.40 bits per heavy atom. The summed E-state index contributed by atoms with van der Waals surface area (Å²) in [6.45, 7) is 6.52. The molecule has 2 unspecified atom stereocenters.